The number of carbonyl (C=O) groups excluding carboxylic acids is 3. The third-order valence-electron chi connectivity index (χ3n) is 4.64. The highest BCUT2D eigenvalue weighted by Gasteiger charge is 2.27. The zero-order valence-electron chi connectivity index (χ0n) is 16.8. The van der Waals surface area contributed by atoms with Crippen molar-refractivity contribution in [1.29, 1.82) is 0 Å². The number of anilines is 1. The Kier molecular flexibility index (Phi) is 7.81. The molecule has 0 radical (unpaired) electrons. The van der Waals surface area contributed by atoms with Crippen LogP contribution in [-0.2, 0) is 31.9 Å². The molecule has 6 nitrogen and oxygen atoms in total. The summed E-state index contributed by atoms with van der Waals surface area (Å²) in [6.45, 7) is 1.39. The van der Waals surface area contributed by atoms with Gasteiger partial charge < -0.3 is 14.8 Å². The van der Waals surface area contributed by atoms with E-state index in [0.29, 0.717) is 10.6 Å². The van der Waals surface area contributed by atoms with Crippen LogP contribution in [0.3, 0.4) is 0 Å². The van der Waals surface area contributed by atoms with Crippen LogP contribution in [0.5, 0.6) is 0 Å². The summed E-state index contributed by atoms with van der Waals surface area (Å²) >= 11 is 7.24. The van der Waals surface area contributed by atoms with E-state index in [1.807, 2.05) is 0 Å². The number of hydrogen-bond acceptors (Lipinski definition) is 6. The Balaban J connectivity index is 1.63. The van der Waals surface area contributed by atoms with E-state index < -0.39 is 30.3 Å². The maximum absolute atomic E-state index is 13.7. The molecule has 1 N–H and O–H groups in total. The largest absolute Gasteiger partial charge is 0.462 e. The molecule has 0 aliphatic heterocycles. The Labute approximate surface area is 188 Å². The van der Waals surface area contributed by atoms with Crippen LogP contribution in [0.2, 0.25) is 5.02 Å². The van der Waals surface area contributed by atoms with Gasteiger partial charge in [0.1, 0.15) is 10.8 Å². The third-order valence-corrected chi connectivity index (χ3v) is 6.17. The van der Waals surface area contributed by atoms with Gasteiger partial charge in [0, 0.05) is 16.5 Å². The number of rotatable bonds is 7. The van der Waals surface area contributed by atoms with E-state index in [9.17, 15) is 18.8 Å². The molecule has 2 aromatic rings. The maximum atomic E-state index is 13.7. The summed E-state index contributed by atoms with van der Waals surface area (Å²) in [5, 5.41) is 3.20. The second-order valence-electron chi connectivity index (χ2n) is 6.76. The number of esters is 2. The van der Waals surface area contributed by atoms with Crippen LogP contribution in [0.4, 0.5) is 9.39 Å². The number of aryl methyl sites for hydroxylation is 1. The summed E-state index contributed by atoms with van der Waals surface area (Å²) in [6.07, 6.45) is 5.78. The number of halogens is 2. The van der Waals surface area contributed by atoms with Crippen molar-refractivity contribution >= 4 is 51.9 Å². The van der Waals surface area contributed by atoms with Gasteiger partial charge in [0.15, 0.2) is 6.61 Å². The summed E-state index contributed by atoms with van der Waals surface area (Å²) in [4.78, 5) is 37.7. The molecule has 1 aliphatic carbocycles. The van der Waals surface area contributed by atoms with Crippen molar-refractivity contribution in [2.24, 2.45) is 0 Å². The number of carbonyl (C=O) groups is 3. The van der Waals surface area contributed by atoms with Gasteiger partial charge in [-0.25, -0.2) is 14.0 Å². The minimum absolute atomic E-state index is 0.0498. The van der Waals surface area contributed by atoms with Crippen molar-refractivity contribution in [3.8, 4) is 0 Å². The standard InChI is InChI=1S/C22H21ClFNO5S/c1-2-29-22(28)20-14-6-3-4-9-17(14)31-21(20)25-18(26)12-30-19(27)11-10-13-15(23)7-5-8-16(13)24/h5,7-8,10-11H,2-4,6,9,12H2,1H3,(H,25,26)/b11-10+. The van der Waals surface area contributed by atoms with Gasteiger partial charge >= 0.3 is 11.9 Å². The molecule has 164 valence electrons. The lowest BCUT2D eigenvalue weighted by atomic mass is 9.95. The lowest BCUT2D eigenvalue weighted by molar-refractivity contribution is -0.142. The number of fused-ring (bicyclic) bond motifs is 1. The van der Waals surface area contributed by atoms with Gasteiger partial charge in [-0.15, -0.1) is 11.3 Å². The Bertz CT molecular complexity index is 1010. The van der Waals surface area contributed by atoms with Crippen LogP contribution in [0.25, 0.3) is 6.08 Å². The van der Waals surface area contributed by atoms with Gasteiger partial charge in [0.05, 0.1) is 17.2 Å². The second kappa shape index (κ2) is 10.5. The van der Waals surface area contributed by atoms with Crippen molar-refractivity contribution < 1.29 is 28.2 Å². The van der Waals surface area contributed by atoms with E-state index >= 15 is 0 Å². The van der Waals surface area contributed by atoms with Gasteiger partial charge in [0.2, 0.25) is 0 Å². The van der Waals surface area contributed by atoms with E-state index in [2.05, 4.69) is 5.32 Å². The van der Waals surface area contributed by atoms with Gasteiger partial charge in [-0.1, -0.05) is 17.7 Å². The van der Waals surface area contributed by atoms with E-state index in [1.165, 1.54) is 35.6 Å². The van der Waals surface area contributed by atoms with Crippen molar-refractivity contribution in [2.75, 3.05) is 18.5 Å². The summed E-state index contributed by atoms with van der Waals surface area (Å²) < 4.78 is 23.8. The molecular weight excluding hydrogens is 445 g/mol. The molecule has 0 atom stereocenters. The van der Waals surface area contributed by atoms with Crippen molar-refractivity contribution in [1.82, 2.24) is 0 Å². The molecule has 1 aliphatic rings. The Morgan fingerprint density at radius 2 is 2.00 bits per heavy atom. The summed E-state index contributed by atoms with van der Waals surface area (Å²) in [5.74, 6) is -2.47. The average molecular weight is 466 g/mol. The van der Waals surface area contributed by atoms with Gasteiger partial charge in [0.25, 0.3) is 5.91 Å². The smallest absolute Gasteiger partial charge is 0.341 e. The van der Waals surface area contributed by atoms with Crippen LogP contribution >= 0.6 is 22.9 Å². The predicted molar refractivity (Wildman–Crippen MR) is 117 cm³/mol. The molecule has 9 heteroatoms. The minimum Gasteiger partial charge on any atom is -0.462 e. The number of ether oxygens (including phenoxy) is 2. The lowest BCUT2D eigenvalue weighted by Crippen LogP contribution is -2.21. The molecule has 0 fully saturated rings. The number of amides is 1. The zero-order chi connectivity index (χ0) is 22.4. The van der Waals surface area contributed by atoms with Crippen LogP contribution in [0.15, 0.2) is 24.3 Å². The first-order chi connectivity index (χ1) is 14.9. The fraction of sp³-hybridized carbons (Fsp3) is 0.318. The quantitative estimate of drug-likeness (QED) is 0.469. The van der Waals surface area contributed by atoms with Gasteiger partial charge in [-0.05, 0) is 56.4 Å². The normalized spacial score (nSPS) is 13.0. The van der Waals surface area contributed by atoms with Gasteiger partial charge in [-0.3, -0.25) is 4.79 Å². The van der Waals surface area contributed by atoms with E-state index in [1.54, 1.807) is 6.92 Å². The summed E-state index contributed by atoms with van der Waals surface area (Å²) in [6, 6.07) is 4.15. The monoisotopic (exact) mass is 465 g/mol. The maximum Gasteiger partial charge on any atom is 0.341 e. The van der Waals surface area contributed by atoms with Gasteiger partial charge in [-0.2, -0.15) is 0 Å². The Morgan fingerprint density at radius 1 is 1.23 bits per heavy atom. The SMILES string of the molecule is CCOC(=O)c1c(NC(=O)COC(=O)/C=C/c2c(F)cccc2Cl)sc2c1CCCC2. The first kappa shape index (κ1) is 23.0. The van der Waals surface area contributed by atoms with Crippen LogP contribution in [-0.4, -0.2) is 31.1 Å². The molecule has 1 heterocycles. The van der Waals surface area contributed by atoms with E-state index in [-0.39, 0.29) is 17.2 Å². The number of thiophene rings is 1. The van der Waals surface area contributed by atoms with Crippen LogP contribution in [0.1, 0.15) is 46.1 Å². The Morgan fingerprint density at radius 3 is 2.74 bits per heavy atom. The molecule has 0 bridgehead atoms. The highest BCUT2D eigenvalue weighted by atomic mass is 35.5. The summed E-state index contributed by atoms with van der Waals surface area (Å²) in [7, 11) is 0. The van der Waals surface area contributed by atoms with E-state index in [4.69, 9.17) is 21.1 Å². The fourth-order valence-corrected chi connectivity index (χ4v) is 4.76. The molecular formula is C22H21ClFNO5S. The summed E-state index contributed by atoms with van der Waals surface area (Å²) in [5.41, 5.74) is 1.36. The molecule has 1 amide bonds. The fourth-order valence-electron chi connectivity index (χ4n) is 3.24. The first-order valence-corrected chi connectivity index (χ1v) is 11.0. The van der Waals surface area contributed by atoms with Crippen molar-refractivity contribution in [3.05, 3.63) is 56.7 Å². The highest BCUT2D eigenvalue weighted by Crippen LogP contribution is 2.38. The highest BCUT2D eigenvalue weighted by molar-refractivity contribution is 7.17. The van der Waals surface area contributed by atoms with Crippen LogP contribution in [0, 0.1) is 5.82 Å². The molecule has 3 rings (SSSR count). The molecule has 1 aromatic carbocycles. The second-order valence-corrected chi connectivity index (χ2v) is 8.27. The molecule has 0 saturated heterocycles. The molecule has 0 saturated carbocycles. The average Bonchev–Trinajstić information content (AvgIpc) is 3.10. The molecule has 0 spiro atoms. The molecule has 0 unspecified atom stereocenters. The van der Waals surface area contributed by atoms with Crippen molar-refractivity contribution in [3.63, 3.8) is 0 Å². The van der Waals surface area contributed by atoms with E-state index in [0.717, 1.165) is 42.2 Å². The lowest BCUT2D eigenvalue weighted by Gasteiger charge is -2.12. The number of hydrogen-bond donors (Lipinski definition) is 1. The molecule has 31 heavy (non-hydrogen) atoms. The third kappa shape index (κ3) is 5.71. The number of nitrogens with one attached hydrogen (secondary N) is 1. The zero-order valence-corrected chi connectivity index (χ0v) is 18.4. The predicted octanol–water partition coefficient (Wildman–Crippen LogP) is 4.79. The Hall–Kier alpha value is -2.71. The minimum atomic E-state index is -0.828. The van der Waals surface area contributed by atoms with Crippen molar-refractivity contribution in [2.45, 2.75) is 32.6 Å². The molecule has 1 aromatic heterocycles. The van der Waals surface area contributed by atoms with Crippen LogP contribution < -0.4 is 5.32 Å². The number of benzene rings is 1. The topological polar surface area (TPSA) is 81.7 Å². The first-order valence-electron chi connectivity index (χ1n) is 9.81.